The summed E-state index contributed by atoms with van der Waals surface area (Å²) in [5.74, 6) is 1.96. The van der Waals surface area contributed by atoms with Crippen LogP contribution in [0.15, 0.2) is 18.3 Å². The molecule has 86 valence electrons. The SMILES string of the molecule is c1cnc(N2CCCC2)c(OC2CNC2)c1. The van der Waals surface area contributed by atoms with E-state index in [1.165, 1.54) is 12.8 Å². The monoisotopic (exact) mass is 219 g/mol. The van der Waals surface area contributed by atoms with Crippen LogP contribution in [0.4, 0.5) is 5.82 Å². The summed E-state index contributed by atoms with van der Waals surface area (Å²) in [4.78, 5) is 6.77. The van der Waals surface area contributed by atoms with Crippen molar-refractivity contribution in [1.82, 2.24) is 10.3 Å². The van der Waals surface area contributed by atoms with Gasteiger partial charge in [-0.1, -0.05) is 0 Å². The summed E-state index contributed by atoms with van der Waals surface area (Å²) in [6, 6.07) is 3.97. The molecule has 0 unspecified atom stereocenters. The molecule has 3 rings (SSSR count). The molecule has 1 N–H and O–H groups in total. The van der Waals surface area contributed by atoms with Crippen molar-refractivity contribution in [3.63, 3.8) is 0 Å². The minimum Gasteiger partial charge on any atom is -0.484 e. The number of aromatic nitrogens is 1. The Balaban J connectivity index is 1.78. The van der Waals surface area contributed by atoms with Gasteiger partial charge in [0, 0.05) is 32.4 Å². The number of anilines is 1. The van der Waals surface area contributed by atoms with E-state index in [9.17, 15) is 0 Å². The molecule has 0 bridgehead atoms. The van der Waals surface area contributed by atoms with Crippen molar-refractivity contribution < 1.29 is 4.74 Å². The van der Waals surface area contributed by atoms with Gasteiger partial charge in [0.1, 0.15) is 6.10 Å². The average Bonchev–Trinajstić information content (AvgIpc) is 2.77. The molecule has 4 heteroatoms. The molecule has 2 aliphatic heterocycles. The van der Waals surface area contributed by atoms with Crippen molar-refractivity contribution in [2.45, 2.75) is 18.9 Å². The van der Waals surface area contributed by atoms with Gasteiger partial charge in [-0.2, -0.15) is 0 Å². The van der Waals surface area contributed by atoms with Crippen LogP contribution in [0.1, 0.15) is 12.8 Å². The summed E-state index contributed by atoms with van der Waals surface area (Å²) in [5, 5.41) is 3.21. The second kappa shape index (κ2) is 4.29. The van der Waals surface area contributed by atoms with Crippen molar-refractivity contribution in [2.24, 2.45) is 0 Å². The maximum Gasteiger partial charge on any atom is 0.171 e. The van der Waals surface area contributed by atoms with Crippen molar-refractivity contribution in [1.29, 1.82) is 0 Å². The Morgan fingerprint density at radius 1 is 1.31 bits per heavy atom. The lowest BCUT2D eigenvalue weighted by molar-refractivity contribution is 0.142. The van der Waals surface area contributed by atoms with Gasteiger partial charge in [0.05, 0.1) is 0 Å². The summed E-state index contributed by atoms with van der Waals surface area (Å²) in [5.41, 5.74) is 0. The fourth-order valence-corrected chi connectivity index (χ4v) is 2.17. The van der Waals surface area contributed by atoms with E-state index in [0.29, 0.717) is 6.10 Å². The van der Waals surface area contributed by atoms with E-state index in [-0.39, 0.29) is 0 Å². The molecule has 0 spiro atoms. The number of rotatable bonds is 3. The molecule has 4 nitrogen and oxygen atoms in total. The Hall–Kier alpha value is -1.29. The number of hydrogen-bond acceptors (Lipinski definition) is 4. The van der Waals surface area contributed by atoms with E-state index in [4.69, 9.17) is 4.74 Å². The lowest BCUT2D eigenvalue weighted by atomic mass is 10.2. The van der Waals surface area contributed by atoms with Crippen LogP contribution in [0, 0.1) is 0 Å². The van der Waals surface area contributed by atoms with Gasteiger partial charge in [-0.25, -0.2) is 4.98 Å². The van der Waals surface area contributed by atoms with Gasteiger partial charge < -0.3 is 15.0 Å². The predicted octanol–water partition coefficient (Wildman–Crippen LogP) is 1.03. The molecule has 16 heavy (non-hydrogen) atoms. The van der Waals surface area contributed by atoms with Gasteiger partial charge in [-0.3, -0.25) is 0 Å². The Bertz CT molecular complexity index is 359. The van der Waals surface area contributed by atoms with Gasteiger partial charge in [0.15, 0.2) is 11.6 Å². The molecule has 2 fully saturated rings. The first-order chi connectivity index (χ1) is 7.93. The van der Waals surface area contributed by atoms with Crippen molar-refractivity contribution in [2.75, 3.05) is 31.1 Å². The second-order valence-electron chi connectivity index (χ2n) is 4.42. The lowest BCUT2D eigenvalue weighted by Gasteiger charge is -2.29. The standard InChI is InChI=1S/C12H17N3O/c1-2-7-15(6-1)12-11(4-3-5-14-12)16-10-8-13-9-10/h3-5,10,13H,1-2,6-9H2. The van der Waals surface area contributed by atoms with Gasteiger partial charge in [-0.15, -0.1) is 0 Å². The van der Waals surface area contributed by atoms with Crippen LogP contribution in [0.5, 0.6) is 5.75 Å². The van der Waals surface area contributed by atoms with Gasteiger partial charge in [0.2, 0.25) is 0 Å². The minimum atomic E-state index is 0.325. The average molecular weight is 219 g/mol. The molecule has 0 amide bonds. The molecule has 0 saturated carbocycles. The third-order valence-electron chi connectivity index (χ3n) is 3.19. The highest BCUT2D eigenvalue weighted by molar-refractivity contribution is 5.52. The number of nitrogens with one attached hydrogen (secondary N) is 1. The summed E-state index contributed by atoms with van der Waals surface area (Å²) in [6.07, 6.45) is 4.70. The minimum absolute atomic E-state index is 0.325. The van der Waals surface area contributed by atoms with Crippen molar-refractivity contribution in [3.8, 4) is 5.75 Å². The fourth-order valence-electron chi connectivity index (χ4n) is 2.17. The second-order valence-corrected chi connectivity index (χ2v) is 4.42. The molecule has 0 atom stereocenters. The molecule has 0 radical (unpaired) electrons. The number of ether oxygens (including phenoxy) is 1. The maximum absolute atomic E-state index is 5.93. The van der Waals surface area contributed by atoms with Gasteiger partial charge in [0.25, 0.3) is 0 Å². The zero-order valence-corrected chi connectivity index (χ0v) is 9.35. The summed E-state index contributed by atoms with van der Waals surface area (Å²) in [7, 11) is 0. The Kier molecular flexibility index (Phi) is 2.66. The van der Waals surface area contributed by atoms with Gasteiger partial charge in [-0.05, 0) is 25.0 Å². The largest absolute Gasteiger partial charge is 0.484 e. The molecular formula is C12H17N3O. The van der Waals surface area contributed by atoms with E-state index in [2.05, 4.69) is 15.2 Å². The molecule has 3 heterocycles. The number of hydrogen-bond donors (Lipinski definition) is 1. The van der Waals surface area contributed by atoms with E-state index < -0.39 is 0 Å². The molecular weight excluding hydrogens is 202 g/mol. The van der Waals surface area contributed by atoms with E-state index in [1.807, 2.05) is 18.3 Å². The Morgan fingerprint density at radius 2 is 2.12 bits per heavy atom. The van der Waals surface area contributed by atoms with Crippen LogP contribution >= 0.6 is 0 Å². The highest BCUT2D eigenvalue weighted by Crippen LogP contribution is 2.29. The van der Waals surface area contributed by atoms with Crippen LogP contribution < -0.4 is 15.0 Å². The quantitative estimate of drug-likeness (QED) is 0.824. The van der Waals surface area contributed by atoms with Crippen LogP contribution in [-0.2, 0) is 0 Å². The van der Waals surface area contributed by atoms with Crippen LogP contribution in [0.2, 0.25) is 0 Å². The molecule has 2 saturated heterocycles. The summed E-state index contributed by atoms with van der Waals surface area (Å²) in [6.45, 7) is 4.12. The third-order valence-corrected chi connectivity index (χ3v) is 3.19. The fraction of sp³-hybridized carbons (Fsp3) is 0.583. The first-order valence-corrected chi connectivity index (χ1v) is 6.01. The number of pyridine rings is 1. The Labute approximate surface area is 95.6 Å². The smallest absolute Gasteiger partial charge is 0.171 e. The molecule has 1 aromatic heterocycles. The molecule has 2 aliphatic rings. The molecule has 0 aromatic carbocycles. The van der Waals surface area contributed by atoms with E-state index in [0.717, 1.165) is 37.7 Å². The Morgan fingerprint density at radius 3 is 2.81 bits per heavy atom. The van der Waals surface area contributed by atoms with Crippen LogP contribution in [0.25, 0.3) is 0 Å². The van der Waals surface area contributed by atoms with Crippen molar-refractivity contribution in [3.05, 3.63) is 18.3 Å². The third kappa shape index (κ3) is 1.85. The zero-order valence-electron chi connectivity index (χ0n) is 9.35. The summed E-state index contributed by atoms with van der Waals surface area (Å²) >= 11 is 0. The predicted molar refractivity (Wildman–Crippen MR) is 63.0 cm³/mol. The molecule has 1 aromatic rings. The summed E-state index contributed by atoms with van der Waals surface area (Å²) < 4.78 is 5.93. The highest BCUT2D eigenvalue weighted by Gasteiger charge is 2.22. The highest BCUT2D eigenvalue weighted by atomic mass is 16.5. The van der Waals surface area contributed by atoms with Crippen molar-refractivity contribution >= 4 is 5.82 Å². The first-order valence-electron chi connectivity index (χ1n) is 6.01. The van der Waals surface area contributed by atoms with E-state index in [1.54, 1.807) is 0 Å². The normalized spacial score (nSPS) is 20.9. The first kappa shape index (κ1) is 9.90. The van der Waals surface area contributed by atoms with Gasteiger partial charge >= 0.3 is 0 Å². The number of nitrogens with zero attached hydrogens (tertiary/aromatic N) is 2. The van der Waals surface area contributed by atoms with Crippen LogP contribution in [0.3, 0.4) is 0 Å². The lowest BCUT2D eigenvalue weighted by Crippen LogP contribution is -2.50. The van der Waals surface area contributed by atoms with E-state index >= 15 is 0 Å². The topological polar surface area (TPSA) is 37.4 Å². The molecule has 0 aliphatic carbocycles. The maximum atomic E-state index is 5.93. The zero-order chi connectivity index (χ0) is 10.8. The van der Waals surface area contributed by atoms with Crippen LogP contribution in [-0.4, -0.2) is 37.3 Å².